The molecule has 1 N–H and O–H groups in total. The molecular formula is C23H27N3O3. The van der Waals surface area contributed by atoms with E-state index >= 15 is 0 Å². The fourth-order valence-corrected chi connectivity index (χ4v) is 4.00. The van der Waals surface area contributed by atoms with Crippen molar-refractivity contribution in [1.29, 1.82) is 0 Å². The summed E-state index contributed by atoms with van der Waals surface area (Å²) >= 11 is 0. The van der Waals surface area contributed by atoms with Crippen molar-refractivity contribution in [2.75, 3.05) is 24.5 Å². The van der Waals surface area contributed by atoms with Crippen molar-refractivity contribution in [2.24, 2.45) is 5.92 Å². The lowest BCUT2D eigenvalue weighted by Gasteiger charge is -2.39. The van der Waals surface area contributed by atoms with Gasteiger partial charge in [0.2, 0.25) is 5.91 Å². The molecule has 0 unspecified atom stereocenters. The summed E-state index contributed by atoms with van der Waals surface area (Å²) in [6.07, 6.45) is 1.33. The Morgan fingerprint density at radius 1 is 1.03 bits per heavy atom. The quantitative estimate of drug-likeness (QED) is 0.869. The van der Waals surface area contributed by atoms with E-state index in [1.54, 1.807) is 4.90 Å². The van der Waals surface area contributed by atoms with Gasteiger partial charge in [-0.3, -0.25) is 9.69 Å². The first kappa shape index (κ1) is 19.3. The van der Waals surface area contributed by atoms with Crippen molar-refractivity contribution in [3.8, 4) is 5.75 Å². The molecule has 0 aromatic heterocycles. The lowest BCUT2D eigenvalue weighted by atomic mass is 9.96. The van der Waals surface area contributed by atoms with E-state index in [9.17, 15) is 9.59 Å². The van der Waals surface area contributed by atoms with Gasteiger partial charge in [0.1, 0.15) is 11.9 Å². The van der Waals surface area contributed by atoms with Crippen molar-refractivity contribution in [1.82, 2.24) is 10.2 Å². The number of ether oxygens (including phenoxy) is 1. The fraction of sp³-hybridized carbons (Fsp3) is 0.391. The van der Waals surface area contributed by atoms with Crippen molar-refractivity contribution in [3.05, 3.63) is 60.2 Å². The second kappa shape index (κ2) is 8.55. The van der Waals surface area contributed by atoms with Crippen LogP contribution >= 0.6 is 0 Å². The van der Waals surface area contributed by atoms with Crippen molar-refractivity contribution < 1.29 is 14.3 Å². The SMILES string of the molecule is C[C@@H]1CN(C(=O)N2CCC(C(=O)NCc3ccccc3)CC2)c2ccccc2O1. The number of nitrogens with zero attached hydrogens (tertiary/aromatic N) is 2. The third kappa shape index (κ3) is 4.36. The minimum Gasteiger partial charge on any atom is -0.487 e. The highest BCUT2D eigenvalue weighted by Crippen LogP contribution is 2.34. The Morgan fingerprint density at radius 3 is 2.48 bits per heavy atom. The maximum absolute atomic E-state index is 13.1. The number of para-hydroxylation sites is 2. The average molecular weight is 393 g/mol. The normalized spacial score (nSPS) is 19.3. The predicted octanol–water partition coefficient (Wildman–Crippen LogP) is 3.42. The number of piperidine rings is 1. The summed E-state index contributed by atoms with van der Waals surface area (Å²) < 4.78 is 5.85. The fourth-order valence-electron chi connectivity index (χ4n) is 4.00. The van der Waals surface area contributed by atoms with Crippen LogP contribution in [0.4, 0.5) is 10.5 Å². The van der Waals surface area contributed by atoms with Gasteiger partial charge < -0.3 is 15.0 Å². The zero-order chi connectivity index (χ0) is 20.2. The van der Waals surface area contributed by atoms with Crippen LogP contribution in [0.3, 0.4) is 0 Å². The lowest BCUT2D eigenvalue weighted by molar-refractivity contribution is -0.126. The van der Waals surface area contributed by atoms with Gasteiger partial charge in [0.05, 0.1) is 12.2 Å². The van der Waals surface area contributed by atoms with Gasteiger partial charge in [-0.25, -0.2) is 4.79 Å². The first-order valence-electron chi connectivity index (χ1n) is 10.3. The smallest absolute Gasteiger partial charge is 0.324 e. The predicted molar refractivity (Wildman–Crippen MR) is 112 cm³/mol. The Bertz CT molecular complexity index is 863. The highest BCUT2D eigenvalue weighted by molar-refractivity contribution is 5.94. The van der Waals surface area contributed by atoms with Gasteiger partial charge in [0.25, 0.3) is 0 Å². The lowest BCUT2D eigenvalue weighted by Crippen LogP contribution is -2.52. The summed E-state index contributed by atoms with van der Waals surface area (Å²) in [5, 5.41) is 3.03. The second-order valence-electron chi connectivity index (χ2n) is 7.75. The Kier molecular flexibility index (Phi) is 5.69. The number of anilines is 1. The van der Waals surface area contributed by atoms with Crippen LogP contribution in [0.15, 0.2) is 54.6 Å². The van der Waals surface area contributed by atoms with Crippen LogP contribution in [-0.2, 0) is 11.3 Å². The number of carbonyl (C=O) groups excluding carboxylic acids is 2. The second-order valence-corrected chi connectivity index (χ2v) is 7.75. The van der Waals surface area contributed by atoms with Crippen molar-refractivity contribution >= 4 is 17.6 Å². The molecule has 6 nitrogen and oxygen atoms in total. The van der Waals surface area contributed by atoms with E-state index in [1.165, 1.54) is 0 Å². The van der Waals surface area contributed by atoms with Gasteiger partial charge in [-0.05, 0) is 37.5 Å². The van der Waals surface area contributed by atoms with Gasteiger partial charge in [0, 0.05) is 25.6 Å². The van der Waals surface area contributed by atoms with Crippen molar-refractivity contribution in [2.45, 2.75) is 32.4 Å². The Balaban J connectivity index is 1.32. The molecule has 3 amide bonds. The Hall–Kier alpha value is -3.02. The maximum Gasteiger partial charge on any atom is 0.324 e. The first-order chi connectivity index (χ1) is 14.1. The third-order valence-corrected chi connectivity index (χ3v) is 5.60. The minimum atomic E-state index is -0.0462. The van der Waals surface area contributed by atoms with Crippen LogP contribution < -0.4 is 15.0 Å². The number of amides is 3. The third-order valence-electron chi connectivity index (χ3n) is 5.60. The average Bonchev–Trinajstić information content (AvgIpc) is 2.77. The van der Waals surface area contributed by atoms with Crippen molar-refractivity contribution in [3.63, 3.8) is 0 Å². The van der Waals surface area contributed by atoms with E-state index in [1.807, 2.05) is 66.4 Å². The van der Waals surface area contributed by atoms with Gasteiger partial charge in [-0.2, -0.15) is 0 Å². The molecule has 0 radical (unpaired) electrons. The van der Waals surface area contributed by atoms with Crippen LogP contribution in [0.5, 0.6) is 5.75 Å². The number of hydrogen-bond donors (Lipinski definition) is 1. The summed E-state index contributed by atoms with van der Waals surface area (Å²) in [7, 11) is 0. The van der Waals surface area contributed by atoms with E-state index < -0.39 is 0 Å². The van der Waals surface area contributed by atoms with E-state index in [0.29, 0.717) is 39.0 Å². The number of urea groups is 1. The number of nitrogens with one attached hydrogen (secondary N) is 1. The molecule has 0 aliphatic carbocycles. The van der Waals surface area contributed by atoms with Crippen LogP contribution in [0.2, 0.25) is 0 Å². The summed E-state index contributed by atoms with van der Waals surface area (Å²) in [6, 6.07) is 17.6. The number of benzene rings is 2. The van der Waals surface area contributed by atoms with E-state index in [2.05, 4.69) is 5.32 Å². The molecule has 1 atom stereocenters. The van der Waals surface area contributed by atoms with Crippen LogP contribution in [0.1, 0.15) is 25.3 Å². The molecule has 152 valence electrons. The summed E-state index contributed by atoms with van der Waals surface area (Å²) in [4.78, 5) is 29.3. The maximum atomic E-state index is 13.1. The Labute approximate surface area is 171 Å². The summed E-state index contributed by atoms with van der Waals surface area (Å²) in [5.41, 5.74) is 1.91. The van der Waals surface area contributed by atoms with Gasteiger partial charge in [-0.15, -0.1) is 0 Å². The standard InChI is InChI=1S/C23H27N3O3/c1-17-16-26(20-9-5-6-10-21(20)29-17)23(28)25-13-11-19(12-14-25)22(27)24-15-18-7-3-2-4-8-18/h2-10,17,19H,11-16H2,1H3,(H,24,27)/t17-/m1/s1. The van der Waals surface area contributed by atoms with E-state index in [0.717, 1.165) is 17.0 Å². The zero-order valence-electron chi connectivity index (χ0n) is 16.7. The monoisotopic (exact) mass is 393 g/mol. The molecule has 2 heterocycles. The number of likely N-dealkylation sites (tertiary alicyclic amines) is 1. The highest BCUT2D eigenvalue weighted by Gasteiger charge is 2.33. The highest BCUT2D eigenvalue weighted by atomic mass is 16.5. The molecule has 2 aliphatic heterocycles. The molecule has 29 heavy (non-hydrogen) atoms. The van der Waals surface area contributed by atoms with Crippen LogP contribution in [0, 0.1) is 5.92 Å². The van der Waals surface area contributed by atoms with Gasteiger partial charge in [-0.1, -0.05) is 42.5 Å². The molecule has 0 bridgehead atoms. The summed E-state index contributed by atoms with van der Waals surface area (Å²) in [6.45, 7) is 4.24. The number of carbonyl (C=O) groups is 2. The van der Waals surface area contributed by atoms with Crippen LogP contribution in [-0.4, -0.2) is 42.6 Å². The van der Waals surface area contributed by atoms with E-state index in [-0.39, 0.29) is 24.0 Å². The van der Waals surface area contributed by atoms with Gasteiger partial charge in [0.15, 0.2) is 0 Å². The number of hydrogen-bond acceptors (Lipinski definition) is 3. The number of fused-ring (bicyclic) bond motifs is 1. The minimum absolute atomic E-state index is 0.00394. The molecule has 2 aromatic rings. The first-order valence-corrected chi connectivity index (χ1v) is 10.3. The molecule has 0 spiro atoms. The van der Waals surface area contributed by atoms with E-state index in [4.69, 9.17) is 4.74 Å². The zero-order valence-corrected chi connectivity index (χ0v) is 16.7. The van der Waals surface area contributed by atoms with Gasteiger partial charge >= 0.3 is 6.03 Å². The molecule has 2 aliphatic rings. The molecule has 1 fully saturated rings. The molecule has 2 aromatic carbocycles. The Morgan fingerprint density at radius 2 is 1.72 bits per heavy atom. The molecular weight excluding hydrogens is 366 g/mol. The molecule has 4 rings (SSSR count). The molecule has 6 heteroatoms. The summed E-state index contributed by atoms with van der Waals surface area (Å²) in [5.74, 6) is 0.778. The molecule has 1 saturated heterocycles. The topological polar surface area (TPSA) is 61.9 Å². The molecule has 0 saturated carbocycles. The number of rotatable bonds is 3. The van der Waals surface area contributed by atoms with Crippen LogP contribution in [0.25, 0.3) is 0 Å². The largest absolute Gasteiger partial charge is 0.487 e.